The number of ether oxygens (including phenoxy) is 3. The lowest BCUT2D eigenvalue weighted by Gasteiger charge is -2.36. The van der Waals surface area contributed by atoms with Crippen molar-refractivity contribution in [2.45, 2.75) is 25.4 Å². The highest BCUT2D eigenvalue weighted by atomic mass is 16.5. The molecule has 1 fully saturated rings. The summed E-state index contributed by atoms with van der Waals surface area (Å²) in [5, 5.41) is 48.6. The first-order valence-corrected chi connectivity index (χ1v) is 15.3. The van der Waals surface area contributed by atoms with E-state index < -0.39 is 42.6 Å². The lowest BCUT2D eigenvalue weighted by Crippen LogP contribution is -2.54. The van der Waals surface area contributed by atoms with Crippen molar-refractivity contribution in [3.63, 3.8) is 0 Å². The maximum atomic E-state index is 12.6. The van der Waals surface area contributed by atoms with Gasteiger partial charge in [0.1, 0.15) is 24.4 Å². The molecule has 1 aromatic rings. The van der Waals surface area contributed by atoms with Crippen molar-refractivity contribution in [1.29, 1.82) is 0 Å². The normalized spacial score (nSPS) is 17.8. The number of aliphatic hydroxyl groups is 1. The van der Waals surface area contributed by atoms with E-state index in [0.29, 0.717) is 38.8 Å². The summed E-state index contributed by atoms with van der Waals surface area (Å²) in [6, 6.07) is 4.81. The van der Waals surface area contributed by atoms with Crippen LogP contribution in [0.4, 0.5) is 0 Å². The second kappa shape index (κ2) is 21.4. The Labute approximate surface area is 268 Å². The molecule has 260 valence electrons. The van der Waals surface area contributed by atoms with Crippen molar-refractivity contribution in [2.75, 3.05) is 105 Å². The van der Waals surface area contributed by atoms with Crippen molar-refractivity contribution in [2.24, 2.45) is 0 Å². The van der Waals surface area contributed by atoms with Crippen molar-refractivity contribution < 1.29 is 58.9 Å². The quantitative estimate of drug-likeness (QED) is 0.113. The fourth-order valence-electron chi connectivity index (χ4n) is 5.10. The molecule has 1 aliphatic heterocycles. The fraction of sp³-hybridized carbons (Fsp3) is 0.667. The summed E-state index contributed by atoms with van der Waals surface area (Å²) in [7, 11) is 0. The summed E-state index contributed by atoms with van der Waals surface area (Å²) in [5.41, 5.74) is 0.739. The summed E-state index contributed by atoms with van der Waals surface area (Å²) in [4.78, 5) is 54.0. The zero-order valence-electron chi connectivity index (χ0n) is 26.4. The number of aliphatic carboxylic acids is 4. The van der Waals surface area contributed by atoms with Crippen LogP contribution < -0.4 is 4.74 Å². The highest BCUT2D eigenvalue weighted by molar-refractivity contribution is 5.74. The molecular formula is C30H48N4O12. The summed E-state index contributed by atoms with van der Waals surface area (Å²) < 4.78 is 16.3. The third-order valence-corrected chi connectivity index (χ3v) is 7.58. The lowest BCUT2D eigenvalue weighted by atomic mass is 10.0. The Balaban J connectivity index is 2.18. The van der Waals surface area contributed by atoms with Crippen molar-refractivity contribution >= 4 is 23.9 Å². The molecule has 1 aromatic carbocycles. The van der Waals surface area contributed by atoms with Gasteiger partial charge in [-0.2, -0.15) is 0 Å². The van der Waals surface area contributed by atoms with Gasteiger partial charge in [0.25, 0.3) is 0 Å². The predicted octanol–water partition coefficient (Wildman–Crippen LogP) is -1.05. The topological polar surface area (TPSA) is 210 Å². The van der Waals surface area contributed by atoms with Crippen LogP contribution in [-0.2, 0) is 35.1 Å². The molecule has 2 atom stereocenters. The minimum Gasteiger partial charge on any atom is -0.491 e. The summed E-state index contributed by atoms with van der Waals surface area (Å²) in [6.07, 6.45) is 0.137. The Bertz CT molecular complexity index is 1040. The van der Waals surface area contributed by atoms with Gasteiger partial charge in [-0.25, -0.2) is 0 Å². The molecule has 2 unspecified atom stereocenters. The van der Waals surface area contributed by atoms with Crippen molar-refractivity contribution in [3.05, 3.63) is 29.8 Å². The Morgan fingerprint density at radius 2 is 1.13 bits per heavy atom. The molecule has 0 bridgehead atoms. The van der Waals surface area contributed by atoms with E-state index in [1.807, 2.05) is 6.92 Å². The number of hydrogen-bond acceptors (Lipinski definition) is 12. The number of benzene rings is 1. The number of hydrogen-bond donors (Lipinski definition) is 5. The first-order chi connectivity index (χ1) is 22.0. The first kappa shape index (κ1) is 38.8. The number of aliphatic hydroxyl groups excluding tert-OH is 1. The molecule has 1 heterocycles. The van der Waals surface area contributed by atoms with Crippen molar-refractivity contribution in [3.8, 4) is 5.75 Å². The molecule has 0 aliphatic carbocycles. The molecule has 5 N–H and O–H groups in total. The largest absolute Gasteiger partial charge is 0.491 e. The number of rotatable bonds is 19. The van der Waals surface area contributed by atoms with Gasteiger partial charge in [0, 0.05) is 59.0 Å². The van der Waals surface area contributed by atoms with Gasteiger partial charge in [-0.3, -0.25) is 38.8 Å². The number of nitrogens with zero attached hydrogens (tertiary/aromatic N) is 4. The van der Waals surface area contributed by atoms with Crippen LogP contribution >= 0.6 is 0 Å². The maximum absolute atomic E-state index is 12.6. The zero-order valence-corrected chi connectivity index (χ0v) is 26.4. The minimum absolute atomic E-state index is 0.0991. The van der Waals surface area contributed by atoms with Crippen LogP contribution in [0.15, 0.2) is 24.3 Å². The Morgan fingerprint density at radius 1 is 0.674 bits per heavy atom. The van der Waals surface area contributed by atoms with E-state index in [1.54, 1.807) is 39.0 Å². The molecule has 2 rings (SSSR count). The van der Waals surface area contributed by atoms with E-state index in [-0.39, 0.29) is 71.9 Å². The molecule has 16 heteroatoms. The smallest absolute Gasteiger partial charge is 0.323 e. The molecular weight excluding hydrogens is 608 g/mol. The minimum atomic E-state index is -1.25. The van der Waals surface area contributed by atoms with E-state index in [0.717, 1.165) is 5.56 Å². The lowest BCUT2D eigenvalue weighted by molar-refractivity contribution is -0.146. The third-order valence-electron chi connectivity index (χ3n) is 7.58. The van der Waals surface area contributed by atoms with Crippen LogP contribution in [0.1, 0.15) is 12.5 Å². The summed E-state index contributed by atoms with van der Waals surface area (Å²) in [5.74, 6) is -3.91. The Hall–Kier alpha value is -3.38. The highest BCUT2D eigenvalue weighted by Gasteiger charge is 2.30. The molecule has 16 nitrogen and oxygen atoms in total. The van der Waals surface area contributed by atoms with Gasteiger partial charge >= 0.3 is 23.9 Å². The first-order valence-electron chi connectivity index (χ1n) is 15.3. The zero-order chi connectivity index (χ0) is 33.9. The van der Waals surface area contributed by atoms with Gasteiger partial charge in [-0.1, -0.05) is 12.1 Å². The predicted molar refractivity (Wildman–Crippen MR) is 164 cm³/mol. The van der Waals surface area contributed by atoms with Crippen LogP contribution in [0.25, 0.3) is 0 Å². The number of carboxylic acids is 4. The maximum Gasteiger partial charge on any atom is 0.323 e. The van der Waals surface area contributed by atoms with E-state index in [9.17, 15) is 44.7 Å². The standard InChI is InChI=1S/C30H48N4O12/c1-2-44-15-16-45-17-18-46-24-5-3-23(4-6-24)19-25(29(40)41)33-11-7-31(20-27(36)37)9-13-34(26(22-35)30(42)43)14-10-32(8-12-33)21-28(38)39/h3-6,25-26,35H,2,7-22H2,1H3,(H,36,37)(H,38,39)(H,40,41)(H,42,43). The van der Waals surface area contributed by atoms with Gasteiger partial charge in [-0.05, 0) is 31.0 Å². The average Bonchev–Trinajstić information content (AvgIpc) is 2.99. The van der Waals surface area contributed by atoms with E-state index in [4.69, 9.17) is 14.2 Å². The van der Waals surface area contributed by atoms with E-state index in [2.05, 4.69) is 0 Å². The second-order valence-corrected chi connectivity index (χ2v) is 10.8. The van der Waals surface area contributed by atoms with E-state index in [1.165, 1.54) is 4.90 Å². The van der Waals surface area contributed by atoms with Crippen LogP contribution in [0.3, 0.4) is 0 Å². The summed E-state index contributed by atoms with van der Waals surface area (Å²) in [6.45, 7) is 4.02. The van der Waals surface area contributed by atoms with Crippen molar-refractivity contribution in [1.82, 2.24) is 19.6 Å². The van der Waals surface area contributed by atoms with Crippen LogP contribution in [0.5, 0.6) is 5.75 Å². The third kappa shape index (κ3) is 14.8. The average molecular weight is 657 g/mol. The van der Waals surface area contributed by atoms with Gasteiger partial charge in [0.2, 0.25) is 0 Å². The fourth-order valence-corrected chi connectivity index (χ4v) is 5.10. The Morgan fingerprint density at radius 3 is 1.57 bits per heavy atom. The monoisotopic (exact) mass is 656 g/mol. The van der Waals surface area contributed by atoms with Gasteiger partial charge in [0.05, 0.1) is 39.5 Å². The molecule has 0 amide bonds. The molecule has 0 aromatic heterocycles. The molecule has 0 spiro atoms. The second-order valence-electron chi connectivity index (χ2n) is 10.8. The number of carbonyl (C=O) groups is 4. The molecule has 1 aliphatic rings. The molecule has 46 heavy (non-hydrogen) atoms. The summed E-state index contributed by atoms with van der Waals surface area (Å²) >= 11 is 0. The van der Waals surface area contributed by atoms with Crippen LogP contribution in [0.2, 0.25) is 0 Å². The van der Waals surface area contributed by atoms with E-state index >= 15 is 0 Å². The van der Waals surface area contributed by atoms with Crippen LogP contribution in [0, 0.1) is 0 Å². The number of carboxylic acid groups (broad SMARTS) is 4. The molecule has 1 saturated heterocycles. The van der Waals surface area contributed by atoms with Gasteiger partial charge in [0.15, 0.2) is 0 Å². The molecule has 0 radical (unpaired) electrons. The molecule has 0 saturated carbocycles. The van der Waals surface area contributed by atoms with Crippen LogP contribution in [-0.4, -0.2) is 186 Å². The SMILES string of the molecule is CCOCCOCCOc1ccc(CC(C(=O)O)N2CCN(CC(=O)O)CCN(C(CO)C(=O)O)CCN(CC(=O)O)CC2)cc1. The highest BCUT2D eigenvalue weighted by Crippen LogP contribution is 2.16. The van der Waals surface area contributed by atoms with Gasteiger partial charge in [-0.15, -0.1) is 0 Å². The van der Waals surface area contributed by atoms with Gasteiger partial charge < -0.3 is 39.7 Å². The Kier molecular flexibility index (Phi) is 18.1.